The molecule has 1 aromatic carbocycles. The van der Waals surface area contributed by atoms with Gasteiger partial charge in [0.1, 0.15) is 17.1 Å². The van der Waals surface area contributed by atoms with Crippen molar-refractivity contribution in [1.29, 1.82) is 0 Å². The van der Waals surface area contributed by atoms with Crippen molar-refractivity contribution in [3.05, 3.63) is 58.5 Å². The van der Waals surface area contributed by atoms with Crippen LogP contribution in [0.5, 0.6) is 5.75 Å². The third-order valence-electron chi connectivity index (χ3n) is 3.61. The summed E-state index contributed by atoms with van der Waals surface area (Å²) >= 11 is 5.98. The molecule has 0 saturated carbocycles. The van der Waals surface area contributed by atoms with Gasteiger partial charge in [-0.1, -0.05) is 24.6 Å². The van der Waals surface area contributed by atoms with Gasteiger partial charge in [-0.05, 0) is 37.1 Å². The molecule has 2 N–H and O–H groups in total. The summed E-state index contributed by atoms with van der Waals surface area (Å²) in [5, 5.41) is 13.2. The number of phenols is 1. The largest absolute Gasteiger partial charge is 0.506 e. The number of anilines is 1. The highest BCUT2D eigenvalue weighted by Gasteiger charge is 2.19. The van der Waals surface area contributed by atoms with Gasteiger partial charge >= 0.3 is 0 Å². The number of aromatic nitrogens is 2. The van der Waals surface area contributed by atoms with Crippen molar-refractivity contribution in [2.24, 2.45) is 0 Å². The van der Waals surface area contributed by atoms with Crippen molar-refractivity contribution in [2.45, 2.75) is 20.3 Å². The topological polar surface area (TPSA) is 66.6 Å². The van der Waals surface area contributed by atoms with Crippen LogP contribution in [0.2, 0.25) is 5.02 Å². The fraction of sp³-hybridized carbons (Fsp3) is 0.176. The number of aryl methyl sites for hydroxylation is 2. The molecule has 3 rings (SSSR count). The fourth-order valence-corrected chi connectivity index (χ4v) is 2.64. The predicted octanol–water partition coefficient (Wildman–Crippen LogP) is 3.82. The van der Waals surface area contributed by atoms with Gasteiger partial charge in [0.15, 0.2) is 0 Å². The summed E-state index contributed by atoms with van der Waals surface area (Å²) in [6.45, 7) is 3.83. The lowest BCUT2D eigenvalue weighted by Gasteiger charge is -2.09. The number of pyridine rings is 1. The van der Waals surface area contributed by atoms with Crippen molar-refractivity contribution in [1.82, 2.24) is 9.38 Å². The number of hydrogen-bond acceptors (Lipinski definition) is 3. The maximum absolute atomic E-state index is 12.7. The SMILES string of the molecule is CCc1nc2cc(Cl)ccn2c1C(=O)Nc1cc(C)ccc1O. The molecule has 2 aromatic heterocycles. The lowest BCUT2D eigenvalue weighted by atomic mass is 10.2. The number of phenolic OH excluding ortho intramolecular Hbond substituents is 1. The lowest BCUT2D eigenvalue weighted by Crippen LogP contribution is -2.16. The average Bonchev–Trinajstić information content (AvgIpc) is 2.88. The van der Waals surface area contributed by atoms with Crippen molar-refractivity contribution in [3.8, 4) is 5.75 Å². The Morgan fingerprint density at radius 1 is 1.35 bits per heavy atom. The number of aromatic hydroxyl groups is 1. The zero-order valence-electron chi connectivity index (χ0n) is 12.8. The van der Waals surface area contributed by atoms with E-state index in [2.05, 4.69) is 10.3 Å². The second-order valence-electron chi connectivity index (χ2n) is 5.31. The van der Waals surface area contributed by atoms with Gasteiger partial charge in [0.2, 0.25) is 0 Å². The first kappa shape index (κ1) is 15.4. The number of fused-ring (bicyclic) bond motifs is 1. The first-order chi connectivity index (χ1) is 11.0. The van der Waals surface area contributed by atoms with E-state index in [0.29, 0.717) is 34.2 Å². The van der Waals surface area contributed by atoms with Crippen LogP contribution >= 0.6 is 11.6 Å². The molecule has 0 fully saturated rings. The van der Waals surface area contributed by atoms with Gasteiger partial charge in [-0.15, -0.1) is 0 Å². The number of rotatable bonds is 3. The van der Waals surface area contributed by atoms with Crippen LogP contribution in [0.1, 0.15) is 28.7 Å². The predicted molar refractivity (Wildman–Crippen MR) is 90.4 cm³/mol. The number of imidazole rings is 1. The Morgan fingerprint density at radius 3 is 2.87 bits per heavy atom. The van der Waals surface area contributed by atoms with Crippen LogP contribution in [-0.4, -0.2) is 20.4 Å². The molecule has 0 atom stereocenters. The zero-order chi connectivity index (χ0) is 16.6. The van der Waals surface area contributed by atoms with Crippen LogP contribution in [0.25, 0.3) is 5.65 Å². The molecule has 0 aliphatic carbocycles. The Hall–Kier alpha value is -2.53. The molecular weight excluding hydrogens is 314 g/mol. The maximum Gasteiger partial charge on any atom is 0.274 e. The van der Waals surface area contributed by atoms with Crippen LogP contribution in [0.15, 0.2) is 36.5 Å². The van der Waals surface area contributed by atoms with E-state index in [-0.39, 0.29) is 11.7 Å². The highest BCUT2D eigenvalue weighted by Crippen LogP contribution is 2.25. The molecule has 6 heteroatoms. The standard InChI is InChI=1S/C17H16ClN3O2/c1-3-12-16(21-7-6-11(18)9-15(21)19-12)17(23)20-13-8-10(2)4-5-14(13)22/h4-9,22H,3H2,1-2H3,(H,20,23). The fourth-order valence-electron chi connectivity index (χ4n) is 2.49. The first-order valence-corrected chi connectivity index (χ1v) is 7.65. The van der Waals surface area contributed by atoms with E-state index >= 15 is 0 Å². The van der Waals surface area contributed by atoms with Gasteiger partial charge in [0, 0.05) is 17.3 Å². The van der Waals surface area contributed by atoms with Crippen molar-refractivity contribution in [3.63, 3.8) is 0 Å². The molecule has 1 amide bonds. The Bertz CT molecular complexity index is 902. The maximum atomic E-state index is 12.7. The summed E-state index contributed by atoms with van der Waals surface area (Å²) in [4.78, 5) is 17.2. The molecule has 0 aliphatic rings. The quantitative estimate of drug-likeness (QED) is 0.718. The number of amides is 1. The Balaban J connectivity index is 2.05. The van der Waals surface area contributed by atoms with Crippen LogP contribution in [0, 0.1) is 6.92 Å². The monoisotopic (exact) mass is 329 g/mol. The van der Waals surface area contributed by atoms with E-state index in [1.807, 2.05) is 13.8 Å². The number of hydrogen-bond donors (Lipinski definition) is 2. The van der Waals surface area contributed by atoms with Gasteiger partial charge in [0.25, 0.3) is 5.91 Å². The molecule has 118 valence electrons. The number of nitrogens with one attached hydrogen (secondary N) is 1. The van der Waals surface area contributed by atoms with Crippen molar-refractivity contribution >= 4 is 28.8 Å². The van der Waals surface area contributed by atoms with Gasteiger partial charge < -0.3 is 10.4 Å². The van der Waals surface area contributed by atoms with E-state index in [0.717, 1.165) is 5.56 Å². The molecule has 0 spiro atoms. The number of halogens is 1. The Morgan fingerprint density at radius 2 is 2.13 bits per heavy atom. The molecule has 3 aromatic rings. The lowest BCUT2D eigenvalue weighted by molar-refractivity contribution is 0.102. The second kappa shape index (κ2) is 5.93. The van der Waals surface area contributed by atoms with E-state index in [9.17, 15) is 9.90 Å². The minimum absolute atomic E-state index is 0.0267. The van der Waals surface area contributed by atoms with Gasteiger partial charge in [-0.25, -0.2) is 4.98 Å². The van der Waals surface area contributed by atoms with E-state index in [1.165, 1.54) is 0 Å². The minimum Gasteiger partial charge on any atom is -0.506 e. The highest BCUT2D eigenvalue weighted by molar-refractivity contribution is 6.30. The number of nitrogens with zero attached hydrogens (tertiary/aromatic N) is 2. The van der Waals surface area contributed by atoms with E-state index in [4.69, 9.17) is 11.6 Å². The minimum atomic E-state index is -0.322. The molecule has 0 aliphatic heterocycles. The average molecular weight is 330 g/mol. The second-order valence-corrected chi connectivity index (χ2v) is 5.74. The molecular formula is C17H16ClN3O2. The van der Waals surface area contributed by atoms with Crippen LogP contribution < -0.4 is 5.32 Å². The number of carbonyl (C=O) groups excluding carboxylic acids is 1. The molecule has 0 unspecified atom stereocenters. The summed E-state index contributed by atoms with van der Waals surface area (Å²) in [7, 11) is 0. The molecule has 5 nitrogen and oxygen atoms in total. The first-order valence-electron chi connectivity index (χ1n) is 7.27. The summed E-state index contributed by atoms with van der Waals surface area (Å²) in [6, 6.07) is 8.47. The molecule has 2 heterocycles. The summed E-state index contributed by atoms with van der Waals surface area (Å²) in [5.41, 5.74) is 3.06. The van der Waals surface area contributed by atoms with Gasteiger partial charge in [0.05, 0.1) is 11.4 Å². The molecule has 0 bridgehead atoms. The zero-order valence-corrected chi connectivity index (χ0v) is 13.6. The molecule has 0 saturated heterocycles. The number of carbonyl (C=O) groups is 1. The third-order valence-corrected chi connectivity index (χ3v) is 3.85. The highest BCUT2D eigenvalue weighted by atomic mass is 35.5. The van der Waals surface area contributed by atoms with Crippen molar-refractivity contribution < 1.29 is 9.90 Å². The Kier molecular flexibility index (Phi) is 3.96. The van der Waals surface area contributed by atoms with Crippen molar-refractivity contribution in [2.75, 3.05) is 5.32 Å². The smallest absolute Gasteiger partial charge is 0.274 e. The van der Waals surface area contributed by atoms with Gasteiger partial charge in [-0.2, -0.15) is 0 Å². The van der Waals surface area contributed by atoms with Crippen LogP contribution in [0.4, 0.5) is 5.69 Å². The molecule has 0 radical (unpaired) electrons. The normalized spacial score (nSPS) is 10.9. The summed E-state index contributed by atoms with van der Waals surface area (Å²) in [5.74, 6) is -0.295. The number of benzene rings is 1. The molecule has 23 heavy (non-hydrogen) atoms. The third kappa shape index (κ3) is 2.87. The van der Waals surface area contributed by atoms with Crippen LogP contribution in [0.3, 0.4) is 0 Å². The van der Waals surface area contributed by atoms with Crippen LogP contribution in [-0.2, 0) is 6.42 Å². The van der Waals surface area contributed by atoms with Gasteiger partial charge in [-0.3, -0.25) is 9.20 Å². The van der Waals surface area contributed by atoms with E-state index < -0.39 is 0 Å². The summed E-state index contributed by atoms with van der Waals surface area (Å²) < 4.78 is 1.70. The van der Waals surface area contributed by atoms with E-state index in [1.54, 1.807) is 40.9 Å². The summed E-state index contributed by atoms with van der Waals surface area (Å²) in [6.07, 6.45) is 2.33. The Labute approximate surface area is 138 Å².